The third-order valence-corrected chi connectivity index (χ3v) is 3.77. The summed E-state index contributed by atoms with van der Waals surface area (Å²) < 4.78 is 4.72. The number of aryl methyl sites for hydroxylation is 2. The van der Waals surface area contributed by atoms with Crippen molar-refractivity contribution in [3.8, 4) is 0 Å². The van der Waals surface area contributed by atoms with Crippen LogP contribution in [0.4, 0.5) is 4.79 Å². The molecule has 4 amide bonds. The van der Waals surface area contributed by atoms with Gasteiger partial charge in [-0.05, 0) is 50.5 Å². The van der Waals surface area contributed by atoms with Crippen molar-refractivity contribution in [3.63, 3.8) is 0 Å². The Kier molecular flexibility index (Phi) is 8.27. The molecule has 0 unspecified atom stereocenters. The smallest absolute Gasteiger partial charge is 0.325 e. The molecule has 0 aliphatic carbocycles. The largest absolute Gasteiger partial charge is 0.454 e. The standard InChI is InChI=1S/C18H25N3O5/c1-5-13(4)20-18(25)21-15(22)10-26-16(23)9-19-17(24)14-7-6-11(2)12(3)8-14/h6-8,13H,5,9-10H2,1-4H3,(H,19,24)(H2,20,21,22,25)/t13-/m1/s1. The van der Waals surface area contributed by atoms with Gasteiger partial charge < -0.3 is 15.4 Å². The van der Waals surface area contributed by atoms with E-state index in [1.54, 1.807) is 19.1 Å². The molecule has 0 bridgehead atoms. The number of urea groups is 1. The maximum atomic E-state index is 12.0. The summed E-state index contributed by atoms with van der Waals surface area (Å²) >= 11 is 0. The van der Waals surface area contributed by atoms with Crippen LogP contribution in [0.2, 0.25) is 0 Å². The lowest BCUT2D eigenvalue weighted by molar-refractivity contribution is -0.147. The summed E-state index contributed by atoms with van der Waals surface area (Å²) in [5.41, 5.74) is 2.46. The highest BCUT2D eigenvalue weighted by Crippen LogP contribution is 2.09. The number of carbonyl (C=O) groups excluding carboxylic acids is 4. The number of imide groups is 1. The normalized spacial score (nSPS) is 11.2. The highest BCUT2D eigenvalue weighted by Gasteiger charge is 2.13. The summed E-state index contributed by atoms with van der Waals surface area (Å²) in [7, 11) is 0. The second-order valence-electron chi connectivity index (χ2n) is 5.97. The maximum Gasteiger partial charge on any atom is 0.325 e. The maximum absolute atomic E-state index is 12.0. The average molecular weight is 363 g/mol. The van der Waals surface area contributed by atoms with Crippen LogP contribution in [0.25, 0.3) is 0 Å². The third-order valence-electron chi connectivity index (χ3n) is 3.77. The Hall–Kier alpha value is -2.90. The van der Waals surface area contributed by atoms with E-state index < -0.39 is 30.4 Å². The number of hydrogen-bond donors (Lipinski definition) is 3. The van der Waals surface area contributed by atoms with Gasteiger partial charge in [-0.3, -0.25) is 19.7 Å². The molecule has 0 heterocycles. The molecule has 0 fully saturated rings. The summed E-state index contributed by atoms with van der Waals surface area (Å²) in [4.78, 5) is 46.5. The number of carbonyl (C=O) groups is 4. The summed E-state index contributed by atoms with van der Waals surface area (Å²) in [5, 5.41) is 7.01. The predicted octanol–water partition coefficient (Wildman–Crippen LogP) is 1.20. The molecule has 0 aromatic heterocycles. The topological polar surface area (TPSA) is 114 Å². The molecule has 142 valence electrons. The van der Waals surface area contributed by atoms with Gasteiger partial charge in [0.15, 0.2) is 6.61 Å². The number of ether oxygens (including phenoxy) is 1. The van der Waals surface area contributed by atoms with Crippen molar-refractivity contribution in [2.24, 2.45) is 0 Å². The zero-order valence-corrected chi connectivity index (χ0v) is 15.5. The van der Waals surface area contributed by atoms with E-state index in [2.05, 4.69) is 10.6 Å². The average Bonchev–Trinajstić information content (AvgIpc) is 2.59. The van der Waals surface area contributed by atoms with Crippen molar-refractivity contribution in [1.29, 1.82) is 0 Å². The Labute approximate surface area is 152 Å². The second-order valence-corrected chi connectivity index (χ2v) is 5.97. The van der Waals surface area contributed by atoms with Crippen LogP contribution in [0.5, 0.6) is 0 Å². The first-order valence-corrected chi connectivity index (χ1v) is 8.34. The highest BCUT2D eigenvalue weighted by molar-refractivity contribution is 5.97. The molecule has 1 atom stereocenters. The van der Waals surface area contributed by atoms with E-state index in [1.807, 2.05) is 32.2 Å². The molecule has 8 heteroatoms. The van der Waals surface area contributed by atoms with Crippen molar-refractivity contribution < 1.29 is 23.9 Å². The Bertz CT molecular complexity index is 687. The lowest BCUT2D eigenvalue weighted by Gasteiger charge is -2.12. The van der Waals surface area contributed by atoms with E-state index in [9.17, 15) is 19.2 Å². The number of amides is 4. The second kappa shape index (κ2) is 10.2. The Morgan fingerprint density at radius 2 is 1.81 bits per heavy atom. The molecule has 26 heavy (non-hydrogen) atoms. The molecular weight excluding hydrogens is 338 g/mol. The fourth-order valence-corrected chi connectivity index (χ4v) is 1.86. The van der Waals surface area contributed by atoms with Gasteiger partial charge in [-0.1, -0.05) is 13.0 Å². The van der Waals surface area contributed by atoms with Crippen molar-refractivity contribution in [2.45, 2.75) is 40.2 Å². The van der Waals surface area contributed by atoms with E-state index >= 15 is 0 Å². The summed E-state index contributed by atoms with van der Waals surface area (Å²) in [6.45, 7) is 6.52. The van der Waals surface area contributed by atoms with Crippen LogP contribution in [0.15, 0.2) is 18.2 Å². The minimum absolute atomic E-state index is 0.0778. The van der Waals surface area contributed by atoms with E-state index in [0.717, 1.165) is 17.5 Å². The Morgan fingerprint density at radius 3 is 2.42 bits per heavy atom. The molecular formula is C18H25N3O5. The fraction of sp³-hybridized carbons (Fsp3) is 0.444. The zero-order chi connectivity index (χ0) is 19.7. The zero-order valence-electron chi connectivity index (χ0n) is 15.5. The summed E-state index contributed by atoms with van der Waals surface area (Å²) in [5.74, 6) is -1.94. The van der Waals surface area contributed by atoms with Gasteiger partial charge in [-0.25, -0.2) is 4.79 Å². The van der Waals surface area contributed by atoms with Crippen LogP contribution in [0.3, 0.4) is 0 Å². The fourth-order valence-electron chi connectivity index (χ4n) is 1.86. The minimum atomic E-state index is -0.778. The van der Waals surface area contributed by atoms with Crippen LogP contribution in [0, 0.1) is 13.8 Å². The van der Waals surface area contributed by atoms with Crippen LogP contribution >= 0.6 is 0 Å². The van der Waals surface area contributed by atoms with E-state index in [0.29, 0.717) is 5.56 Å². The summed E-state index contributed by atoms with van der Waals surface area (Å²) in [6, 6.07) is 4.47. The molecule has 8 nitrogen and oxygen atoms in total. The summed E-state index contributed by atoms with van der Waals surface area (Å²) in [6.07, 6.45) is 0.719. The van der Waals surface area contributed by atoms with Crippen LogP contribution in [-0.4, -0.2) is 43.0 Å². The van der Waals surface area contributed by atoms with Crippen LogP contribution in [0.1, 0.15) is 41.8 Å². The number of esters is 1. The van der Waals surface area contributed by atoms with Gasteiger partial charge >= 0.3 is 12.0 Å². The van der Waals surface area contributed by atoms with E-state index in [1.165, 1.54) is 0 Å². The van der Waals surface area contributed by atoms with Gasteiger partial charge in [0.25, 0.3) is 11.8 Å². The van der Waals surface area contributed by atoms with Gasteiger partial charge in [-0.15, -0.1) is 0 Å². The third kappa shape index (κ3) is 7.33. The molecule has 1 aromatic carbocycles. The number of rotatable bonds is 7. The molecule has 3 N–H and O–H groups in total. The van der Waals surface area contributed by atoms with Gasteiger partial charge in [0.2, 0.25) is 0 Å². The molecule has 1 rings (SSSR count). The lowest BCUT2D eigenvalue weighted by atomic mass is 10.1. The van der Waals surface area contributed by atoms with Gasteiger partial charge in [0.05, 0.1) is 0 Å². The number of nitrogens with one attached hydrogen (secondary N) is 3. The molecule has 0 radical (unpaired) electrons. The first-order valence-electron chi connectivity index (χ1n) is 8.34. The van der Waals surface area contributed by atoms with Crippen LogP contribution < -0.4 is 16.0 Å². The van der Waals surface area contributed by atoms with Gasteiger partial charge in [0, 0.05) is 11.6 Å². The van der Waals surface area contributed by atoms with Crippen molar-refractivity contribution in [1.82, 2.24) is 16.0 Å². The molecule has 0 aliphatic rings. The van der Waals surface area contributed by atoms with Gasteiger partial charge in [0.1, 0.15) is 6.54 Å². The molecule has 0 saturated heterocycles. The molecule has 0 aliphatic heterocycles. The quantitative estimate of drug-likeness (QED) is 0.630. The minimum Gasteiger partial charge on any atom is -0.454 e. The van der Waals surface area contributed by atoms with Crippen molar-refractivity contribution >= 4 is 23.8 Å². The SMILES string of the molecule is CC[C@@H](C)NC(=O)NC(=O)COC(=O)CNC(=O)c1ccc(C)c(C)c1. The first-order chi connectivity index (χ1) is 12.2. The molecule has 0 saturated carbocycles. The Morgan fingerprint density at radius 1 is 1.12 bits per heavy atom. The number of benzene rings is 1. The van der Waals surface area contributed by atoms with Gasteiger partial charge in [-0.2, -0.15) is 0 Å². The number of hydrogen-bond acceptors (Lipinski definition) is 5. The lowest BCUT2D eigenvalue weighted by Crippen LogP contribution is -2.45. The molecule has 0 spiro atoms. The molecule has 1 aromatic rings. The van der Waals surface area contributed by atoms with Crippen molar-refractivity contribution in [3.05, 3.63) is 34.9 Å². The monoisotopic (exact) mass is 363 g/mol. The van der Waals surface area contributed by atoms with E-state index in [4.69, 9.17) is 4.74 Å². The van der Waals surface area contributed by atoms with Crippen LogP contribution in [-0.2, 0) is 14.3 Å². The highest BCUT2D eigenvalue weighted by atomic mass is 16.5. The predicted molar refractivity (Wildman–Crippen MR) is 95.6 cm³/mol. The first kappa shape index (κ1) is 21.1. The van der Waals surface area contributed by atoms with Crippen molar-refractivity contribution in [2.75, 3.05) is 13.2 Å². The Balaban J connectivity index is 2.33. The van der Waals surface area contributed by atoms with E-state index in [-0.39, 0.29) is 12.6 Å².